The lowest BCUT2D eigenvalue weighted by Crippen LogP contribution is -2.45. The van der Waals surface area contributed by atoms with Crippen molar-refractivity contribution in [2.45, 2.75) is 38.1 Å². The molecule has 118 valence electrons. The number of methoxy groups -OCH3 is 1. The molecule has 2 N–H and O–H groups in total. The first-order chi connectivity index (χ1) is 9.27. The van der Waals surface area contributed by atoms with Crippen LogP contribution in [0.15, 0.2) is 0 Å². The van der Waals surface area contributed by atoms with E-state index in [1.807, 2.05) is 0 Å². The predicted molar refractivity (Wildman–Crippen MR) is 78.2 cm³/mol. The van der Waals surface area contributed by atoms with E-state index >= 15 is 0 Å². The average Bonchev–Trinajstić information content (AvgIpc) is 2.55. The van der Waals surface area contributed by atoms with Crippen molar-refractivity contribution in [2.75, 3.05) is 38.2 Å². The monoisotopic (exact) mass is 306 g/mol. The SMILES string of the molecule is COC(=O)C(C)(N)CCCCN1CCCS(=O)(=O)CC1. The number of nitrogens with zero attached hydrogens (tertiary/aromatic N) is 1. The second-order valence-corrected chi connectivity index (χ2v) is 8.02. The van der Waals surface area contributed by atoms with Gasteiger partial charge in [0.1, 0.15) is 5.54 Å². The molecule has 1 unspecified atom stereocenters. The Morgan fingerprint density at radius 1 is 1.30 bits per heavy atom. The molecule has 20 heavy (non-hydrogen) atoms. The Morgan fingerprint density at radius 2 is 2.00 bits per heavy atom. The van der Waals surface area contributed by atoms with Crippen LogP contribution in [0, 0.1) is 0 Å². The zero-order chi connectivity index (χ0) is 15.2. The molecule has 0 radical (unpaired) electrons. The van der Waals surface area contributed by atoms with Crippen LogP contribution in [-0.2, 0) is 19.4 Å². The summed E-state index contributed by atoms with van der Waals surface area (Å²) in [5.41, 5.74) is 4.95. The van der Waals surface area contributed by atoms with Gasteiger partial charge in [0, 0.05) is 6.54 Å². The summed E-state index contributed by atoms with van der Waals surface area (Å²) in [5, 5.41) is 0. The highest BCUT2D eigenvalue weighted by molar-refractivity contribution is 7.91. The minimum atomic E-state index is -2.84. The third kappa shape index (κ3) is 5.76. The fraction of sp³-hybridized carbons (Fsp3) is 0.923. The van der Waals surface area contributed by atoms with Gasteiger partial charge in [0.2, 0.25) is 0 Å². The van der Waals surface area contributed by atoms with Crippen molar-refractivity contribution in [1.29, 1.82) is 0 Å². The highest BCUT2D eigenvalue weighted by Gasteiger charge is 2.28. The maximum absolute atomic E-state index is 11.5. The summed E-state index contributed by atoms with van der Waals surface area (Å²) < 4.78 is 27.6. The lowest BCUT2D eigenvalue weighted by Gasteiger charge is -2.23. The Morgan fingerprint density at radius 3 is 2.65 bits per heavy atom. The van der Waals surface area contributed by atoms with E-state index < -0.39 is 21.3 Å². The molecule has 1 fully saturated rings. The van der Waals surface area contributed by atoms with Crippen LogP contribution in [0.5, 0.6) is 0 Å². The molecule has 1 saturated heterocycles. The van der Waals surface area contributed by atoms with Crippen LogP contribution < -0.4 is 5.73 Å². The minimum Gasteiger partial charge on any atom is -0.468 e. The summed E-state index contributed by atoms with van der Waals surface area (Å²) >= 11 is 0. The lowest BCUT2D eigenvalue weighted by molar-refractivity contribution is -0.146. The van der Waals surface area contributed by atoms with Gasteiger partial charge in [-0.3, -0.25) is 4.79 Å². The summed E-state index contributed by atoms with van der Waals surface area (Å²) in [6, 6.07) is 0. The number of carbonyl (C=O) groups is 1. The third-order valence-electron chi connectivity index (χ3n) is 3.72. The van der Waals surface area contributed by atoms with E-state index in [1.165, 1.54) is 7.11 Å². The van der Waals surface area contributed by atoms with E-state index in [2.05, 4.69) is 9.64 Å². The van der Waals surface area contributed by atoms with Crippen LogP contribution in [0.3, 0.4) is 0 Å². The largest absolute Gasteiger partial charge is 0.468 e. The molecule has 0 aromatic heterocycles. The highest BCUT2D eigenvalue weighted by atomic mass is 32.2. The summed E-state index contributed by atoms with van der Waals surface area (Å²) in [6.45, 7) is 3.97. The van der Waals surface area contributed by atoms with Crippen LogP contribution in [0.2, 0.25) is 0 Å². The van der Waals surface area contributed by atoms with E-state index in [-0.39, 0.29) is 5.75 Å². The molecule has 7 heteroatoms. The van der Waals surface area contributed by atoms with Crippen LogP contribution >= 0.6 is 0 Å². The number of nitrogens with two attached hydrogens (primary N) is 1. The number of sulfone groups is 1. The average molecular weight is 306 g/mol. The number of carbonyl (C=O) groups excluding carboxylic acids is 1. The predicted octanol–water partition coefficient (Wildman–Crippen LogP) is 0.168. The van der Waals surface area contributed by atoms with Crippen molar-refractivity contribution >= 4 is 15.8 Å². The van der Waals surface area contributed by atoms with Gasteiger partial charge in [-0.2, -0.15) is 0 Å². The highest BCUT2D eigenvalue weighted by Crippen LogP contribution is 2.13. The smallest absolute Gasteiger partial charge is 0.325 e. The van der Waals surface area contributed by atoms with Crippen molar-refractivity contribution in [3.05, 3.63) is 0 Å². The van der Waals surface area contributed by atoms with E-state index in [0.717, 1.165) is 25.9 Å². The third-order valence-corrected chi connectivity index (χ3v) is 5.44. The zero-order valence-corrected chi connectivity index (χ0v) is 13.2. The van der Waals surface area contributed by atoms with Gasteiger partial charge in [-0.05, 0) is 45.7 Å². The molecule has 1 rings (SSSR count). The molecule has 0 bridgehead atoms. The Hall–Kier alpha value is -0.660. The molecule has 0 aliphatic carbocycles. The summed E-state index contributed by atoms with van der Waals surface area (Å²) in [7, 11) is -1.51. The quantitative estimate of drug-likeness (QED) is 0.556. The van der Waals surface area contributed by atoms with E-state index in [4.69, 9.17) is 5.73 Å². The normalized spacial score (nSPS) is 22.8. The fourth-order valence-electron chi connectivity index (χ4n) is 2.38. The van der Waals surface area contributed by atoms with E-state index in [9.17, 15) is 13.2 Å². The minimum absolute atomic E-state index is 0.254. The van der Waals surface area contributed by atoms with E-state index in [1.54, 1.807) is 6.92 Å². The maximum atomic E-state index is 11.5. The summed E-state index contributed by atoms with van der Waals surface area (Å²) in [6.07, 6.45) is 3.01. The fourth-order valence-corrected chi connectivity index (χ4v) is 3.69. The van der Waals surface area contributed by atoms with Crippen molar-refractivity contribution < 1.29 is 17.9 Å². The summed E-state index contributed by atoms with van der Waals surface area (Å²) in [5.74, 6) is 0.162. The molecule has 1 atom stereocenters. The van der Waals surface area contributed by atoms with Crippen LogP contribution in [-0.4, -0.2) is 63.1 Å². The Labute approximate surface area is 121 Å². The molecule has 0 aromatic carbocycles. The van der Waals surface area contributed by atoms with Crippen molar-refractivity contribution in [3.8, 4) is 0 Å². The lowest BCUT2D eigenvalue weighted by atomic mass is 9.96. The van der Waals surface area contributed by atoms with Gasteiger partial charge in [-0.1, -0.05) is 0 Å². The molecule has 0 amide bonds. The number of ether oxygens (including phenoxy) is 1. The van der Waals surface area contributed by atoms with Gasteiger partial charge in [0.25, 0.3) is 0 Å². The number of hydrogen-bond acceptors (Lipinski definition) is 6. The molecule has 1 aliphatic rings. The molecule has 0 spiro atoms. The molecule has 1 heterocycles. The molecular formula is C13H26N2O4S. The second-order valence-electron chi connectivity index (χ2n) is 5.71. The van der Waals surface area contributed by atoms with Crippen LogP contribution in [0.1, 0.15) is 32.6 Å². The maximum Gasteiger partial charge on any atom is 0.325 e. The second kappa shape index (κ2) is 7.38. The van der Waals surface area contributed by atoms with Crippen LogP contribution in [0.4, 0.5) is 0 Å². The number of unbranched alkanes of at least 4 members (excludes halogenated alkanes) is 1. The Balaban J connectivity index is 2.26. The molecular weight excluding hydrogens is 280 g/mol. The van der Waals surface area contributed by atoms with Gasteiger partial charge in [0.05, 0.1) is 18.6 Å². The first-order valence-electron chi connectivity index (χ1n) is 7.07. The van der Waals surface area contributed by atoms with Crippen molar-refractivity contribution in [1.82, 2.24) is 4.90 Å². The van der Waals surface area contributed by atoms with Crippen LogP contribution in [0.25, 0.3) is 0 Å². The Kier molecular flexibility index (Phi) is 6.42. The zero-order valence-electron chi connectivity index (χ0n) is 12.4. The van der Waals surface area contributed by atoms with Gasteiger partial charge in [-0.25, -0.2) is 8.42 Å². The molecule has 6 nitrogen and oxygen atoms in total. The molecule has 1 aliphatic heterocycles. The molecule has 0 saturated carbocycles. The van der Waals surface area contributed by atoms with Gasteiger partial charge in [0.15, 0.2) is 9.84 Å². The van der Waals surface area contributed by atoms with Crippen molar-refractivity contribution in [2.24, 2.45) is 5.73 Å². The number of hydrogen-bond donors (Lipinski definition) is 1. The number of rotatable bonds is 6. The standard InChI is InChI=1S/C13H26N2O4S/c1-13(14,12(16)19-2)6-3-4-7-15-8-5-10-20(17,18)11-9-15/h3-11,14H2,1-2H3. The van der Waals surface area contributed by atoms with Gasteiger partial charge < -0.3 is 15.4 Å². The van der Waals surface area contributed by atoms with Gasteiger partial charge in [-0.15, -0.1) is 0 Å². The topological polar surface area (TPSA) is 89.7 Å². The molecule has 0 aromatic rings. The first-order valence-corrected chi connectivity index (χ1v) is 8.89. The number of esters is 1. The summed E-state index contributed by atoms with van der Waals surface area (Å²) in [4.78, 5) is 13.6. The van der Waals surface area contributed by atoms with Crippen molar-refractivity contribution in [3.63, 3.8) is 0 Å². The first kappa shape index (κ1) is 17.4. The van der Waals surface area contributed by atoms with E-state index in [0.29, 0.717) is 25.1 Å². The van der Waals surface area contributed by atoms with Gasteiger partial charge >= 0.3 is 5.97 Å². The Bertz CT molecular complexity index is 420.